The smallest absolute Gasteiger partial charge is 0.337 e. The minimum absolute atomic E-state index is 0.0313. The van der Waals surface area contributed by atoms with Crippen molar-refractivity contribution < 1.29 is 14.3 Å². The quantitative estimate of drug-likeness (QED) is 0.681. The lowest BCUT2D eigenvalue weighted by atomic mass is 10.1. The van der Waals surface area contributed by atoms with E-state index in [9.17, 15) is 4.79 Å². The molecule has 0 aliphatic carbocycles. The van der Waals surface area contributed by atoms with Crippen molar-refractivity contribution >= 4 is 28.9 Å². The zero-order valence-corrected chi connectivity index (χ0v) is 12.0. The number of benzene rings is 1. The molecule has 3 rings (SSSR count). The van der Waals surface area contributed by atoms with Crippen LogP contribution in [0.5, 0.6) is 0 Å². The van der Waals surface area contributed by atoms with E-state index >= 15 is 0 Å². The number of nitrogens with zero attached hydrogens (tertiary/aromatic N) is 1. The number of carbonyl (C=O) groups is 1. The number of rotatable bonds is 4. The molecule has 6 heteroatoms. The number of nitrogens with one attached hydrogen (secondary N) is 1. The summed E-state index contributed by atoms with van der Waals surface area (Å²) >= 11 is 6.03. The third kappa shape index (κ3) is 2.31. The van der Waals surface area contributed by atoms with Crippen LogP contribution in [0, 0.1) is 0 Å². The van der Waals surface area contributed by atoms with Gasteiger partial charge < -0.3 is 19.7 Å². The first kappa shape index (κ1) is 13.5. The van der Waals surface area contributed by atoms with E-state index in [1.54, 1.807) is 6.07 Å². The highest BCUT2D eigenvalue weighted by molar-refractivity contribution is 6.18. The molecule has 2 heterocycles. The lowest BCUT2D eigenvalue weighted by Crippen LogP contribution is -2.45. The Morgan fingerprint density at radius 2 is 2.40 bits per heavy atom. The predicted octanol–water partition coefficient (Wildman–Crippen LogP) is 2.06. The van der Waals surface area contributed by atoms with Gasteiger partial charge in [0.05, 0.1) is 36.0 Å². The van der Waals surface area contributed by atoms with Crippen LogP contribution < -0.4 is 10.2 Å². The fourth-order valence-electron chi connectivity index (χ4n) is 2.56. The van der Waals surface area contributed by atoms with Crippen LogP contribution in [0.3, 0.4) is 0 Å². The molecule has 0 amide bonds. The number of methoxy groups -OCH3 is 1. The summed E-state index contributed by atoms with van der Waals surface area (Å²) in [6.07, 6.45) is 1.34. The molecule has 2 atom stereocenters. The first-order chi connectivity index (χ1) is 9.72. The molecule has 1 aromatic carbocycles. The lowest BCUT2D eigenvalue weighted by molar-refractivity contribution is -0.0448. The number of ether oxygens (including phenoxy) is 2. The van der Waals surface area contributed by atoms with Crippen LogP contribution in [0.25, 0.3) is 0 Å². The molecule has 0 bridgehead atoms. The maximum Gasteiger partial charge on any atom is 0.337 e. The van der Waals surface area contributed by atoms with E-state index in [1.807, 2.05) is 12.1 Å². The molecule has 2 aliphatic heterocycles. The summed E-state index contributed by atoms with van der Waals surface area (Å²) in [7, 11) is 1.38. The van der Waals surface area contributed by atoms with Gasteiger partial charge in [-0.1, -0.05) is 0 Å². The Hall–Kier alpha value is -1.46. The van der Waals surface area contributed by atoms with Crippen LogP contribution in [0.15, 0.2) is 18.2 Å². The average molecular weight is 297 g/mol. The van der Waals surface area contributed by atoms with E-state index in [2.05, 4.69) is 10.2 Å². The van der Waals surface area contributed by atoms with Crippen molar-refractivity contribution in [3.63, 3.8) is 0 Å². The molecule has 0 aromatic heterocycles. The minimum atomic E-state index is -0.332. The van der Waals surface area contributed by atoms with Crippen molar-refractivity contribution in [3.05, 3.63) is 23.8 Å². The molecule has 2 aliphatic rings. The van der Waals surface area contributed by atoms with Crippen LogP contribution in [0.4, 0.5) is 11.4 Å². The zero-order valence-electron chi connectivity index (χ0n) is 11.3. The van der Waals surface area contributed by atoms with Crippen molar-refractivity contribution in [1.82, 2.24) is 0 Å². The van der Waals surface area contributed by atoms with Crippen molar-refractivity contribution in [2.24, 2.45) is 0 Å². The SMILES string of the molecule is COC(=O)c1ccc2c(c1)N(CC1CCO1)C(CCl)N2. The number of alkyl halides is 1. The summed E-state index contributed by atoms with van der Waals surface area (Å²) < 4.78 is 10.3. The second-order valence-electron chi connectivity index (χ2n) is 4.97. The lowest BCUT2D eigenvalue weighted by Gasteiger charge is -2.34. The summed E-state index contributed by atoms with van der Waals surface area (Å²) in [4.78, 5) is 13.8. The Kier molecular flexibility index (Phi) is 3.72. The Balaban J connectivity index is 1.88. The van der Waals surface area contributed by atoms with Gasteiger partial charge in [0.15, 0.2) is 0 Å². The van der Waals surface area contributed by atoms with Crippen LogP contribution >= 0.6 is 11.6 Å². The van der Waals surface area contributed by atoms with Gasteiger partial charge in [-0.05, 0) is 24.6 Å². The van der Waals surface area contributed by atoms with Gasteiger partial charge in [-0.25, -0.2) is 4.79 Å². The van der Waals surface area contributed by atoms with Gasteiger partial charge in [0.1, 0.15) is 6.17 Å². The first-order valence-electron chi connectivity index (χ1n) is 6.66. The summed E-state index contributed by atoms with van der Waals surface area (Å²) in [5.74, 6) is 0.136. The third-order valence-electron chi connectivity index (χ3n) is 3.77. The fraction of sp³-hybridized carbons (Fsp3) is 0.500. The molecular formula is C14H17ClN2O3. The van der Waals surface area contributed by atoms with Crippen LogP contribution in [0.1, 0.15) is 16.8 Å². The van der Waals surface area contributed by atoms with Gasteiger partial charge in [0.2, 0.25) is 0 Å². The molecule has 0 radical (unpaired) electrons. The minimum Gasteiger partial charge on any atom is -0.465 e. The average Bonchev–Trinajstić information content (AvgIpc) is 2.78. The van der Waals surface area contributed by atoms with Gasteiger partial charge in [-0.2, -0.15) is 0 Å². The first-order valence-corrected chi connectivity index (χ1v) is 7.19. The molecule has 0 saturated carbocycles. The highest BCUT2D eigenvalue weighted by Gasteiger charge is 2.32. The van der Waals surface area contributed by atoms with Crippen LogP contribution in [0.2, 0.25) is 0 Å². The molecule has 0 spiro atoms. The van der Waals surface area contributed by atoms with Crippen LogP contribution in [-0.4, -0.2) is 44.4 Å². The Morgan fingerprint density at radius 1 is 1.60 bits per heavy atom. The number of anilines is 2. The fourth-order valence-corrected chi connectivity index (χ4v) is 2.80. The number of halogens is 1. The van der Waals surface area contributed by atoms with Crippen molar-refractivity contribution in [2.75, 3.05) is 36.4 Å². The van der Waals surface area contributed by atoms with E-state index in [4.69, 9.17) is 21.1 Å². The van der Waals surface area contributed by atoms with Crippen molar-refractivity contribution in [3.8, 4) is 0 Å². The summed E-state index contributed by atoms with van der Waals surface area (Å²) in [6.45, 7) is 1.61. The number of carbonyl (C=O) groups excluding carboxylic acids is 1. The van der Waals surface area contributed by atoms with Gasteiger partial charge in [0.25, 0.3) is 0 Å². The number of esters is 1. The van der Waals surface area contributed by atoms with Crippen molar-refractivity contribution in [1.29, 1.82) is 0 Å². The molecule has 108 valence electrons. The number of fused-ring (bicyclic) bond motifs is 1. The number of hydrogen-bond acceptors (Lipinski definition) is 5. The van der Waals surface area contributed by atoms with Gasteiger partial charge >= 0.3 is 5.97 Å². The van der Waals surface area contributed by atoms with Crippen molar-refractivity contribution in [2.45, 2.75) is 18.7 Å². The van der Waals surface area contributed by atoms with Gasteiger partial charge in [-0.3, -0.25) is 0 Å². The van der Waals surface area contributed by atoms with Gasteiger partial charge in [0, 0.05) is 13.2 Å². The molecule has 5 nitrogen and oxygen atoms in total. The normalized spacial score (nSPS) is 23.8. The molecule has 1 N–H and O–H groups in total. The monoisotopic (exact) mass is 296 g/mol. The standard InChI is InChI=1S/C14H17ClN2O3/c1-19-14(18)9-2-3-11-12(6-9)17(13(7-15)16-11)8-10-4-5-20-10/h2-3,6,10,13,16H,4-5,7-8H2,1H3. The zero-order chi connectivity index (χ0) is 14.1. The summed E-state index contributed by atoms with van der Waals surface area (Å²) in [6, 6.07) is 5.49. The largest absolute Gasteiger partial charge is 0.465 e. The topological polar surface area (TPSA) is 50.8 Å². The molecule has 1 fully saturated rings. The summed E-state index contributed by atoms with van der Waals surface area (Å²) in [5, 5.41) is 3.36. The van der Waals surface area contributed by atoms with Crippen LogP contribution in [-0.2, 0) is 9.47 Å². The maximum absolute atomic E-state index is 11.6. The third-order valence-corrected chi connectivity index (χ3v) is 4.06. The van der Waals surface area contributed by atoms with E-state index in [0.29, 0.717) is 11.4 Å². The van der Waals surface area contributed by atoms with E-state index in [1.165, 1.54) is 7.11 Å². The molecular weight excluding hydrogens is 280 g/mol. The predicted molar refractivity (Wildman–Crippen MR) is 77.6 cm³/mol. The summed E-state index contributed by atoms with van der Waals surface area (Å²) in [5.41, 5.74) is 2.51. The second kappa shape index (κ2) is 5.50. The van der Waals surface area contributed by atoms with Gasteiger partial charge in [-0.15, -0.1) is 11.6 Å². The molecule has 20 heavy (non-hydrogen) atoms. The highest BCUT2D eigenvalue weighted by Crippen LogP contribution is 2.36. The molecule has 2 unspecified atom stereocenters. The highest BCUT2D eigenvalue weighted by atomic mass is 35.5. The van der Waals surface area contributed by atoms with E-state index in [-0.39, 0.29) is 18.2 Å². The Labute approximate surface area is 122 Å². The number of hydrogen-bond donors (Lipinski definition) is 1. The second-order valence-corrected chi connectivity index (χ2v) is 5.28. The van der Waals surface area contributed by atoms with E-state index < -0.39 is 0 Å². The Bertz CT molecular complexity index is 519. The molecule has 1 aromatic rings. The maximum atomic E-state index is 11.6. The Morgan fingerprint density at radius 3 is 3.00 bits per heavy atom. The molecule has 1 saturated heterocycles. The van der Waals surface area contributed by atoms with E-state index in [0.717, 1.165) is 30.9 Å².